The van der Waals surface area contributed by atoms with Gasteiger partial charge in [0.1, 0.15) is 11.0 Å². The van der Waals surface area contributed by atoms with Crippen molar-refractivity contribution in [2.45, 2.75) is 12.6 Å². The molecule has 0 aliphatic heterocycles. The molecule has 0 aliphatic rings. The van der Waals surface area contributed by atoms with E-state index in [-0.39, 0.29) is 6.54 Å². The molecule has 8 heteroatoms. The zero-order valence-electron chi connectivity index (χ0n) is 8.38. The van der Waals surface area contributed by atoms with Crippen LogP contribution in [0.1, 0.15) is 6.42 Å². The van der Waals surface area contributed by atoms with Gasteiger partial charge in [0.2, 0.25) is 0 Å². The molecule has 1 N–H and O–H groups in total. The largest absolute Gasteiger partial charge is 0.390 e. The molecule has 92 valence electrons. The third-order valence-corrected chi connectivity index (χ3v) is 2.94. The molecule has 0 unspecified atom stereocenters. The van der Waals surface area contributed by atoms with E-state index in [1.54, 1.807) is 12.1 Å². The molecule has 2 rings (SSSR count). The maximum absolute atomic E-state index is 12.0. The van der Waals surface area contributed by atoms with Gasteiger partial charge in [0.25, 0.3) is 0 Å². The van der Waals surface area contributed by atoms with Crippen LogP contribution in [0.2, 0.25) is 5.02 Å². The smallest absolute Gasteiger partial charge is 0.382 e. The third-order valence-electron chi connectivity index (χ3n) is 2.09. The van der Waals surface area contributed by atoms with Crippen LogP contribution in [0.25, 0.3) is 11.0 Å². The number of anilines is 1. The molecule has 0 saturated heterocycles. The van der Waals surface area contributed by atoms with Crippen molar-refractivity contribution in [1.29, 1.82) is 0 Å². The molecular formula is C9H7ClF3N3S. The van der Waals surface area contributed by atoms with Gasteiger partial charge in [-0.05, 0) is 12.1 Å². The number of benzene rings is 1. The van der Waals surface area contributed by atoms with Crippen LogP contribution in [0.4, 0.5) is 18.9 Å². The summed E-state index contributed by atoms with van der Waals surface area (Å²) in [4.78, 5) is 0. The van der Waals surface area contributed by atoms with Crippen LogP contribution < -0.4 is 5.32 Å². The number of nitrogens with zero attached hydrogens (tertiary/aromatic N) is 2. The molecule has 0 aliphatic carbocycles. The molecule has 1 heterocycles. The van der Waals surface area contributed by atoms with Crippen LogP contribution in [-0.2, 0) is 0 Å². The first-order valence-corrected chi connectivity index (χ1v) is 5.79. The van der Waals surface area contributed by atoms with E-state index in [1.165, 1.54) is 0 Å². The van der Waals surface area contributed by atoms with Crippen LogP contribution in [0.5, 0.6) is 0 Å². The molecule has 2 aromatic rings. The molecule has 1 aromatic carbocycles. The summed E-state index contributed by atoms with van der Waals surface area (Å²) < 4.78 is 44.0. The van der Waals surface area contributed by atoms with Crippen molar-refractivity contribution in [2.75, 3.05) is 11.9 Å². The molecular weight excluding hydrogens is 275 g/mol. The van der Waals surface area contributed by atoms with Crippen molar-refractivity contribution in [3.8, 4) is 0 Å². The van der Waals surface area contributed by atoms with Crippen molar-refractivity contribution in [3.05, 3.63) is 17.2 Å². The Morgan fingerprint density at radius 1 is 1.29 bits per heavy atom. The highest BCUT2D eigenvalue weighted by atomic mass is 35.5. The predicted octanol–water partition coefficient (Wildman–Crippen LogP) is 3.71. The zero-order chi connectivity index (χ0) is 12.5. The summed E-state index contributed by atoms with van der Waals surface area (Å²) in [5.41, 5.74) is 1.53. The van der Waals surface area contributed by atoms with Gasteiger partial charge in [0.15, 0.2) is 0 Å². The maximum atomic E-state index is 12.0. The van der Waals surface area contributed by atoms with Crippen molar-refractivity contribution in [1.82, 2.24) is 8.75 Å². The van der Waals surface area contributed by atoms with Gasteiger partial charge < -0.3 is 5.32 Å². The van der Waals surface area contributed by atoms with Crippen LogP contribution >= 0.6 is 23.3 Å². The highest BCUT2D eigenvalue weighted by Gasteiger charge is 2.26. The van der Waals surface area contributed by atoms with E-state index in [2.05, 4.69) is 14.1 Å². The number of hydrogen-bond acceptors (Lipinski definition) is 4. The van der Waals surface area contributed by atoms with Gasteiger partial charge in [0.05, 0.1) is 28.9 Å². The van der Waals surface area contributed by atoms with Gasteiger partial charge in [-0.1, -0.05) is 11.6 Å². The van der Waals surface area contributed by atoms with Crippen LogP contribution in [0, 0.1) is 0 Å². The standard InChI is InChI=1S/C9H7ClF3N3S/c10-5-1-2-6-8(16-17-15-6)7(5)14-4-3-9(11,12)13/h1-2,14H,3-4H2. The summed E-state index contributed by atoms with van der Waals surface area (Å²) in [5.74, 6) is 0. The van der Waals surface area contributed by atoms with Gasteiger partial charge >= 0.3 is 6.18 Å². The van der Waals surface area contributed by atoms with E-state index in [4.69, 9.17) is 11.6 Å². The monoisotopic (exact) mass is 281 g/mol. The second kappa shape index (κ2) is 4.66. The van der Waals surface area contributed by atoms with E-state index in [0.29, 0.717) is 21.7 Å². The Bertz CT molecular complexity index is 526. The number of rotatable bonds is 3. The molecule has 0 bridgehead atoms. The predicted molar refractivity (Wildman–Crippen MR) is 61.6 cm³/mol. The Morgan fingerprint density at radius 3 is 2.76 bits per heavy atom. The number of hydrogen-bond donors (Lipinski definition) is 1. The normalized spacial score (nSPS) is 12.0. The van der Waals surface area contributed by atoms with Gasteiger partial charge in [0, 0.05) is 6.54 Å². The van der Waals surface area contributed by atoms with E-state index in [1.807, 2.05) is 0 Å². The number of fused-ring (bicyclic) bond motifs is 1. The van der Waals surface area contributed by atoms with Crippen molar-refractivity contribution in [2.24, 2.45) is 0 Å². The van der Waals surface area contributed by atoms with Crippen molar-refractivity contribution >= 4 is 40.0 Å². The van der Waals surface area contributed by atoms with Crippen LogP contribution in [0.15, 0.2) is 12.1 Å². The van der Waals surface area contributed by atoms with Gasteiger partial charge in [-0.15, -0.1) is 0 Å². The number of nitrogens with one attached hydrogen (secondary N) is 1. The summed E-state index contributed by atoms with van der Waals surface area (Å²) >= 11 is 6.90. The lowest BCUT2D eigenvalue weighted by Crippen LogP contribution is -2.14. The molecule has 0 fully saturated rings. The highest BCUT2D eigenvalue weighted by Crippen LogP contribution is 2.30. The van der Waals surface area contributed by atoms with Gasteiger partial charge in [-0.3, -0.25) is 0 Å². The fourth-order valence-corrected chi connectivity index (χ4v) is 2.09. The Morgan fingerprint density at radius 2 is 2.06 bits per heavy atom. The summed E-state index contributed by atoms with van der Waals surface area (Å²) in [6.07, 6.45) is -5.11. The lowest BCUT2D eigenvalue weighted by atomic mass is 10.2. The average Bonchev–Trinajstić information content (AvgIpc) is 2.67. The molecule has 0 spiro atoms. The maximum Gasteiger partial charge on any atom is 0.390 e. The zero-order valence-corrected chi connectivity index (χ0v) is 9.96. The Kier molecular flexibility index (Phi) is 3.39. The number of alkyl halides is 3. The average molecular weight is 282 g/mol. The highest BCUT2D eigenvalue weighted by molar-refractivity contribution is 7.00. The minimum absolute atomic E-state index is 0.236. The van der Waals surface area contributed by atoms with Crippen molar-refractivity contribution < 1.29 is 13.2 Å². The first-order chi connectivity index (χ1) is 7.97. The van der Waals surface area contributed by atoms with E-state index < -0.39 is 12.6 Å². The van der Waals surface area contributed by atoms with E-state index >= 15 is 0 Å². The topological polar surface area (TPSA) is 37.8 Å². The molecule has 0 saturated carbocycles. The summed E-state index contributed by atoms with van der Waals surface area (Å²) in [5, 5.41) is 2.99. The minimum Gasteiger partial charge on any atom is -0.382 e. The van der Waals surface area contributed by atoms with Crippen LogP contribution in [0.3, 0.4) is 0 Å². The summed E-state index contributed by atoms with van der Waals surface area (Å²) in [6.45, 7) is -0.236. The number of halogens is 4. The third kappa shape index (κ3) is 2.98. The molecule has 0 amide bonds. The Hall–Kier alpha value is -1.08. The Labute approximate surface area is 104 Å². The number of aromatic nitrogens is 2. The van der Waals surface area contributed by atoms with Gasteiger partial charge in [-0.25, -0.2) is 0 Å². The molecule has 3 nitrogen and oxygen atoms in total. The fourth-order valence-electron chi connectivity index (χ4n) is 1.32. The lowest BCUT2D eigenvalue weighted by Gasteiger charge is -2.10. The quantitative estimate of drug-likeness (QED) is 0.932. The second-order valence-electron chi connectivity index (χ2n) is 3.35. The van der Waals surface area contributed by atoms with E-state index in [0.717, 1.165) is 11.7 Å². The second-order valence-corrected chi connectivity index (χ2v) is 4.28. The molecule has 0 radical (unpaired) electrons. The first-order valence-electron chi connectivity index (χ1n) is 4.69. The first kappa shape index (κ1) is 12.4. The molecule has 17 heavy (non-hydrogen) atoms. The fraction of sp³-hybridized carbons (Fsp3) is 0.333. The molecule has 0 atom stereocenters. The minimum atomic E-state index is -4.19. The lowest BCUT2D eigenvalue weighted by molar-refractivity contribution is -0.131. The summed E-state index contributed by atoms with van der Waals surface area (Å²) in [7, 11) is 0. The van der Waals surface area contributed by atoms with Crippen LogP contribution in [-0.4, -0.2) is 21.5 Å². The Balaban J connectivity index is 2.17. The van der Waals surface area contributed by atoms with Gasteiger partial charge in [-0.2, -0.15) is 21.9 Å². The van der Waals surface area contributed by atoms with E-state index in [9.17, 15) is 13.2 Å². The molecule has 1 aromatic heterocycles. The van der Waals surface area contributed by atoms with Crippen molar-refractivity contribution in [3.63, 3.8) is 0 Å². The SMILES string of the molecule is FC(F)(F)CCNc1c(Cl)ccc2nsnc12. The summed E-state index contributed by atoms with van der Waals surface area (Å²) in [6, 6.07) is 3.26.